The fourth-order valence-electron chi connectivity index (χ4n) is 0.812. The third kappa shape index (κ3) is 1.90. The fraction of sp³-hybridized carbons (Fsp3) is 0.500. The van der Waals surface area contributed by atoms with E-state index in [9.17, 15) is 0 Å². The SMILES string of the molecule is CCC(C)c1cnc(N)cn1. The number of nitrogens with two attached hydrogens (primary N) is 1. The van der Waals surface area contributed by atoms with Gasteiger partial charge in [0.15, 0.2) is 0 Å². The van der Waals surface area contributed by atoms with Crippen molar-refractivity contribution in [3.05, 3.63) is 18.1 Å². The molecule has 0 amide bonds. The second-order valence-electron chi connectivity index (χ2n) is 2.68. The number of nitrogens with zero attached hydrogens (tertiary/aromatic N) is 2. The Hall–Kier alpha value is -1.12. The highest BCUT2D eigenvalue weighted by Crippen LogP contribution is 2.14. The Labute approximate surface area is 66.7 Å². The predicted octanol–water partition coefficient (Wildman–Crippen LogP) is 1.57. The van der Waals surface area contributed by atoms with E-state index in [-0.39, 0.29) is 0 Å². The number of hydrogen-bond donors (Lipinski definition) is 1. The zero-order valence-electron chi connectivity index (χ0n) is 6.91. The van der Waals surface area contributed by atoms with Crippen LogP contribution >= 0.6 is 0 Å². The third-order valence-electron chi connectivity index (χ3n) is 1.81. The van der Waals surface area contributed by atoms with Gasteiger partial charge >= 0.3 is 0 Å². The minimum atomic E-state index is 0.475. The Kier molecular flexibility index (Phi) is 2.41. The first-order valence-electron chi connectivity index (χ1n) is 3.81. The van der Waals surface area contributed by atoms with Crippen molar-refractivity contribution in [2.24, 2.45) is 0 Å². The molecule has 0 radical (unpaired) electrons. The van der Waals surface area contributed by atoms with Gasteiger partial charge < -0.3 is 5.73 Å². The van der Waals surface area contributed by atoms with Crippen LogP contribution in [0.4, 0.5) is 5.82 Å². The van der Waals surface area contributed by atoms with Gasteiger partial charge in [0.05, 0.1) is 18.1 Å². The Morgan fingerprint density at radius 3 is 2.64 bits per heavy atom. The minimum Gasteiger partial charge on any atom is -0.382 e. The van der Waals surface area contributed by atoms with Crippen molar-refractivity contribution in [1.29, 1.82) is 0 Å². The summed E-state index contributed by atoms with van der Waals surface area (Å²) in [6.45, 7) is 4.25. The molecule has 0 saturated carbocycles. The maximum atomic E-state index is 5.39. The second-order valence-corrected chi connectivity index (χ2v) is 2.68. The first kappa shape index (κ1) is 7.98. The van der Waals surface area contributed by atoms with Crippen molar-refractivity contribution in [3.63, 3.8) is 0 Å². The lowest BCUT2D eigenvalue weighted by Gasteiger charge is -2.05. The molecule has 0 aliphatic rings. The van der Waals surface area contributed by atoms with E-state index in [2.05, 4.69) is 23.8 Å². The molecular weight excluding hydrogens is 138 g/mol. The summed E-state index contributed by atoms with van der Waals surface area (Å²) < 4.78 is 0. The van der Waals surface area contributed by atoms with Crippen LogP contribution in [0.1, 0.15) is 31.9 Å². The lowest BCUT2D eigenvalue weighted by atomic mass is 10.1. The van der Waals surface area contributed by atoms with Gasteiger partial charge in [-0.3, -0.25) is 4.98 Å². The van der Waals surface area contributed by atoms with Gasteiger partial charge in [-0.25, -0.2) is 4.98 Å². The van der Waals surface area contributed by atoms with Crippen molar-refractivity contribution in [2.75, 3.05) is 5.73 Å². The van der Waals surface area contributed by atoms with Gasteiger partial charge in [0.1, 0.15) is 5.82 Å². The van der Waals surface area contributed by atoms with E-state index in [1.54, 1.807) is 12.4 Å². The van der Waals surface area contributed by atoms with Crippen LogP contribution < -0.4 is 5.73 Å². The average molecular weight is 151 g/mol. The maximum Gasteiger partial charge on any atom is 0.141 e. The van der Waals surface area contributed by atoms with Crippen molar-refractivity contribution < 1.29 is 0 Å². The van der Waals surface area contributed by atoms with Gasteiger partial charge in [-0.15, -0.1) is 0 Å². The third-order valence-corrected chi connectivity index (χ3v) is 1.81. The number of rotatable bonds is 2. The van der Waals surface area contributed by atoms with Crippen LogP contribution in [0.5, 0.6) is 0 Å². The Bertz CT molecular complexity index is 217. The number of hydrogen-bond acceptors (Lipinski definition) is 3. The van der Waals surface area contributed by atoms with Gasteiger partial charge in [0, 0.05) is 0 Å². The average Bonchev–Trinajstić information content (AvgIpc) is 2.05. The van der Waals surface area contributed by atoms with E-state index >= 15 is 0 Å². The molecule has 2 N–H and O–H groups in total. The van der Waals surface area contributed by atoms with Crippen LogP contribution in [-0.4, -0.2) is 9.97 Å². The van der Waals surface area contributed by atoms with E-state index in [0.717, 1.165) is 12.1 Å². The highest BCUT2D eigenvalue weighted by atomic mass is 14.9. The monoisotopic (exact) mass is 151 g/mol. The van der Waals surface area contributed by atoms with Crippen LogP contribution in [0, 0.1) is 0 Å². The zero-order chi connectivity index (χ0) is 8.27. The van der Waals surface area contributed by atoms with Crippen LogP contribution in [0.25, 0.3) is 0 Å². The summed E-state index contributed by atoms with van der Waals surface area (Å²) in [5, 5.41) is 0. The molecule has 1 atom stereocenters. The summed E-state index contributed by atoms with van der Waals surface area (Å²) >= 11 is 0. The van der Waals surface area contributed by atoms with Crippen LogP contribution in [0.3, 0.4) is 0 Å². The molecule has 1 unspecified atom stereocenters. The Balaban J connectivity index is 2.81. The molecular formula is C8H13N3. The van der Waals surface area contributed by atoms with E-state index < -0.39 is 0 Å². The molecule has 0 aromatic carbocycles. The molecule has 60 valence electrons. The summed E-state index contributed by atoms with van der Waals surface area (Å²) in [5.74, 6) is 0.958. The zero-order valence-corrected chi connectivity index (χ0v) is 6.91. The molecule has 0 bridgehead atoms. The molecule has 0 fully saturated rings. The van der Waals surface area contributed by atoms with Crippen molar-refractivity contribution in [3.8, 4) is 0 Å². The lowest BCUT2D eigenvalue weighted by Crippen LogP contribution is -1.98. The standard InChI is InChI=1S/C8H13N3/c1-3-6(2)7-4-11-8(9)5-10-7/h4-6H,3H2,1-2H3,(H2,9,11). The van der Waals surface area contributed by atoms with Gasteiger partial charge in [0.2, 0.25) is 0 Å². The molecule has 1 aromatic heterocycles. The quantitative estimate of drug-likeness (QED) is 0.698. The topological polar surface area (TPSA) is 51.8 Å². The molecule has 3 nitrogen and oxygen atoms in total. The molecule has 11 heavy (non-hydrogen) atoms. The maximum absolute atomic E-state index is 5.39. The fourth-order valence-corrected chi connectivity index (χ4v) is 0.812. The Morgan fingerprint density at radius 2 is 2.18 bits per heavy atom. The van der Waals surface area contributed by atoms with E-state index in [1.165, 1.54) is 0 Å². The molecule has 3 heteroatoms. The summed E-state index contributed by atoms with van der Waals surface area (Å²) in [4.78, 5) is 8.12. The van der Waals surface area contributed by atoms with Crippen LogP contribution in [-0.2, 0) is 0 Å². The van der Waals surface area contributed by atoms with Gasteiger partial charge in [0.25, 0.3) is 0 Å². The minimum absolute atomic E-state index is 0.475. The summed E-state index contributed by atoms with van der Waals surface area (Å²) in [6.07, 6.45) is 4.42. The van der Waals surface area contributed by atoms with E-state index in [4.69, 9.17) is 5.73 Å². The van der Waals surface area contributed by atoms with Crippen LogP contribution in [0.15, 0.2) is 12.4 Å². The smallest absolute Gasteiger partial charge is 0.141 e. The normalized spacial score (nSPS) is 12.9. The van der Waals surface area contributed by atoms with Crippen molar-refractivity contribution in [2.45, 2.75) is 26.2 Å². The molecule has 0 aliphatic heterocycles. The highest BCUT2D eigenvalue weighted by Gasteiger charge is 2.03. The lowest BCUT2D eigenvalue weighted by molar-refractivity contribution is 0.703. The van der Waals surface area contributed by atoms with E-state index in [1.807, 2.05) is 0 Å². The van der Waals surface area contributed by atoms with Gasteiger partial charge in [-0.05, 0) is 12.3 Å². The Morgan fingerprint density at radius 1 is 1.45 bits per heavy atom. The molecule has 1 aromatic rings. The number of nitrogen functional groups attached to an aromatic ring is 1. The summed E-state index contributed by atoms with van der Waals surface area (Å²) in [5.41, 5.74) is 6.41. The molecule has 0 spiro atoms. The largest absolute Gasteiger partial charge is 0.382 e. The predicted molar refractivity (Wildman–Crippen MR) is 45.2 cm³/mol. The summed E-state index contributed by atoms with van der Waals surface area (Å²) in [6, 6.07) is 0. The van der Waals surface area contributed by atoms with Crippen LogP contribution in [0.2, 0.25) is 0 Å². The van der Waals surface area contributed by atoms with E-state index in [0.29, 0.717) is 11.7 Å². The first-order chi connectivity index (χ1) is 5.24. The van der Waals surface area contributed by atoms with Crippen molar-refractivity contribution >= 4 is 5.82 Å². The van der Waals surface area contributed by atoms with Gasteiger partial charge in [-0.2, -0.15) is 0 Å². The number of aromatic nitrogens is 2. The van der Waals surface area contributed by atoms with Gasteiger partial charge in [-0.1, -0.05) is 13.8 Å². The second kappa shape index (κ2) is 3.32. The molecule has 0 saturated heterocycles. The molecule has 1 rings (SSSR count). The van der Waals surface area contributed by atoms with Crippen molar-refractivity contribution in [1.82, 2.24) is 9.97 Å². The molecule has 0 aliphatic carbocycles. The first-order valence-corrected chi connectivity index (χ1v) is 3.81. The number of anilines is 1. The molecule has 1 heterocycles. The summed E-state index contributed by atoms with van der Waals surface area (Å²) in [7, 11) is 0. The highest BCUT2D eigenvalue weighted by molar-refractivity contribution is 5.23.